The molecule has 0 aromatic heterocycles. The molecule has 0 saturated carbocycles. The lowest BCUT2D eigenvalue weighted by Gasteiger charge is -2.08. The summed E-state index contributed by atoms with van der Waals surface area (Å²) in [5.74, 6) is 0.540. The zero-order valence-electron chi connectivity index (χ0n) is 14.2. The van der Waals surface area contributed by atoms with Crippen LogP contribution >= 0.6 is 0 Å². The SMILES string of the molecule is O=C(COC(=O)c1ccc2c(c1)CCC2)NCc1ccc2c(c1)OCO2. The number of aryl methyl sites for hydroxylation is 2. The Balaban J connectivity index is 1.26. The van der Waals surface area contributed by atoms with Crippen LogP contribution in [0.25, 0.3) is 0 Å². The van der Waals surface area contributed by atoms with Gasteiger partial charge in [-0.15, -0.1) is 0 Å². The Labute approximate surface area is 151 Å². The number of carbonyl (C=O) groups is 2. The average molecular weight is 353 g/mol. The molecule has 0 saturated heterocycles. The average Bonchev–Trinajstić information content (AvgIpc) is 3.32. The van der Waals surface area contributed by atoms with Gasteiger partial charge in [0.25, 0.3) is 5.91 Å². The number of hydrogen-bond acceptors (Lipinski definition) is 5. The molecule has 1 heterocycles. The number of fused-ring (bicyclic) bond motifs is 2. The molecule has 0 radical (unpaired) electrons. The molecule has 0 atom stereocenters. The molecule has 1 amide bonds. The second-order valence-electron chi connectivity index (χ2n) is 6.38. The highest BCUT2D eigenvalue weighted by molar-refractivity contribution is 5.91. The van der Waals surface area contributed by atoms with Crippen LogP contribution in [0.1, 0.15) is 33.5 Å². The lowest BCUT2D eigenvalue weighted by atomic mass is 10.1. The predicted octanol–water partition coefficient (Wildman–Crippen LogP) is 2.38. The smallest absolute Gasteiger partial charge is 0.338 e. The molecule has 1 N–H and O–H groups in total. The Kier molecular flexibility index (Phi) is 4.48. The number of amides is 1. The highest BCUT2D eigenvalue weighted by atomic mass is 16.7. The lowest BCUT2D eigenvalue weighted by Crippen LogP contribution is -2.28. The third-order valence-electron chi connectivity index (χ3n) is 4.60. The summed E-state index contributed by atoms with van der Waals surface area (Å²) in [6, 6.07) is 11.1. The highest BCUT2D eigenvalue weighted by Gasteiger charge is 2.16. The van der Waals surface area contributed by atoms with Crippen molar-refractivity contribution in [1.82, 2.24) is 5.32 Å². The van der Waals surface area contributed by atoms with E-state index in [1.165, 1.54) is 11.1 Å². The number of rotatable bonds is 5. The monoisotopic (exact) mass is 353 g/mol. The van der Waals surface area contributed by atoms with Gasteiger partial charge >= 0.3 is 5.97 Å². The number of hydrogen-bond donors (Lipinski definition) is 1. The van der Waals surface area contributed by atoms with Crippen molar-refractivity contribution in [3.8, 4) is 11.5 Å². The molecule has 0 fully saturated rings. The summed E-state index contributed by atoms with van der Waals surface area (Å²) >= 11 is 0. The molecule has 134 valence electrons. The van der Waals surface area contributed by atoms with Crippen molar-refractivity contribution in [3.05, 3.63) is 58.7 Å². The van der Waals surface area contributed by atoms with E-state index in [4.69, 9.17) is 14.2 Å². The van der Waals surface area contributed by atoms with Gasteiger partial charge in [-0.1, -0.05) is 12.1 Å². The van der Waals surface area contributed by atoms with E-state index in [2.05, 4.69) is 5.32 Å². The predicted molar refractivity (Wildman–Crippen MR) is 93.2 cm³/mol. The first-order valence-electron chi connectivity index (χ1n) is 8.63. The highest BCUT2D eigenvalue weighted by Crippen LogP contribution is 2.32. The summed E-state index contributed by atoms with van der Waals surface area (Å²) in [7, 11) is 0. The molecule has 0 bridgehead atoms. The molecule has 2 aromatic carbocycles. The zero-order chi connectivity index (χ0) is 17.9. The minimum absolute atomic E-state index is 0.212. The molecule has 2 aliphatic rings. The van der Waals surface area contributed by atoms with Gasteiger partial charge in [0.05, 0.1) is 5.56 Å². The minimum atomic E-state index is -0.474. The van der Waals surface area contributed by atoms with E-state index in [-0.39, 0.29) is 19.3 Å². The van der Waals surface area contributed by atoms with Gasteiger partial charge < -0.3 is 19.5 Å². The summed E-state index contributed by atoms with van der Waals surface area (Å²) in [4.78, 5) is 24.0. The first-order chi connectivity index (χ1) is 12.7. The topological polar surface area (TPSA) is 73.9 Å². The fourth-order valence-corrected chi connectivity index (χ4v) is 3.22. The fourth-order valence-electron chi connectivity index (χ4n) is 3.22. The second-order valence-corrected chi connectivity index (χ2v) is 6.38. The lowest BCUT2D eigenvalue weighted by molar-refractivity contribution is -0.124. The summed E-state index contributed by atoms with van der Waals surface area (Å²) < 4.78 is 15.7. The maximum Gasteiger partial charge on any atom is 0.338 e. The van der Waals surface area contributed by atoms with Crippen LogP contribution in [0.15, 0.2) is 36.4 Å². The minimum Gasteiger partial charge on any atom is -0.454 e. The molecule has 0 spiro atoms. The first-order valence-corrected chi connectivity index (χ1v) is 8.63. The van der Waals surface area contributed by atoms with Crippen molar-refractivity contribution in [1.29, 1.82) is 0 Å². The molecule has 1 aliphatic heterocycles. The van der Waals surface area contributed by atoms with E-state index < -0.39 is 5.97 Å². The van der Waals surface area contributed by atoms with Crippen molar-refractivity contribution in [2.75, 3.05) is 13.4 Å². The van der Waals surface area contributed by atoms with Gasteiger partial charge in [-0.25, -0.2) is 4.79 Å². The van der Waals surface area contributed by atoms with Gasteiger partial charge in [-0.05, 0) is 60.2 Å². The van der Waals surface area contributed by atoms with Crippen molar-refractivity contribution in [2.45, 2.75) is 25.8 Å². The van der Waals surface area contributed by atoms with Gasteiger partial charge in [0.15, 0.2) is 18.1 Å². The number of carbonyl (C=O) groups excluding carboxylic acids is 2. The molecule has 6 heteroatoms. The second kappa shape index (κ2) is 7.07. The number of benzene rings is 2. The molecular weight excluding hydrogens is 334 g/mol. The van der Waals surface area contributed by atoms with Crippen LogP contribution in [0.2, 0.25) is 0 Å². The van der Waals surface area contributed by atoms with Gasteiger partial charge in [-0.3, -0.25) is 4.79 Å². The first kappa shape index (κ1) is 16.4. The van der Waals surface area contributed by atoms with Crippen LogP contribution in [-0.4, -0.2) is 25.3 Å². The van der Waals surface area contributed by atoms with Gasteiger partial charge in [-0.2, -0.15) is 0 Å². The molecule has 2 aromatic rings. The van der Waals surface area contributed by atoms with Crippen molar-refractivity contribution >= 4 is 11.9 Å². The van der Waals surface area contributed by atoms with Crippen LogP contribution in [0.4, 0.5) is 0 Å². The Morgan fingerprint density at radius 2 is 1.85 bits per heavy atom. The van der Waals surface area contributed by atoms with Gasteiger partial charge in [0.1, 0.15) is 0 Å². The van der Waals surface area contributed by atoms with E-state index in [0.29, 0.717) is 23.6 Å². The molecule has 1 aliphatic carbocycles. The summed E-state index contributed by atoms with van der Waals surface area (Å²) in [6.45, 7) is 0.232. The quantitative estimate of drug-likeness (QED) is 0.836. The van der Waals surface area contributed by atoms with Crippen molar-refractivity contribution in [2.24, 2.45) is 0 Å². The van der Waals surface area contributed by atoms with E-state index >= 15 is 0 Å². The van der Waals surface area contributed by atoms with Crippen LogP contribution in [0, 0.1) is 0 Å². The molecule has 0 unspecified atom stereocenters. The van der Waals surface area contributed by atoms with E-state index in [0.717, 1.165) is 24.8 Å². The normalized spacial score (nSPS) is 14.0. The molecular formula is C20H19NO5. The van der Waals surface area contributed by atoms with Crippen LogP contribution < -0.4 is 14.8 Å². The third kappa shape index (κ3) is 3.49. The van der Waals surface area contributed by atoms with Gasteiger partial charge in [0.2, 0.25) is 6.79 Å². The largest absolute Gasteiger partial charge is 0.454 e. The summed E-state index contributed by atoms with van der Waals surface area (Å²) in [6.07, 6.45) is 3.18. The van der Waals surface area contributed by atoms with Crippen LogP contribution in [0.5, 0.6) is 11.5 Å². The van der Waals surface area contributed by atoms with Gasteiger partial charge in [0, 0.05) is 6.54 Å². The zero-order valence-corrected chi connectivity index (χ0v) is 14.2. The maximum absolute atomic E-state index is 12.1. The Morgan fingerprint density at radius 3 is 2.77 bits per heavy atom. The van der Waals surface area contributed by atoms with Crippen LogP contribution in [-0.2, 0) is 28.9 Å². The Morgan fingerprint density at radius 1 is 1.00 bits per heavy atom. The Hall–Kier alpha value is -3.02. The number of ether oxygens (including phenoxy) is 3. The van der Waals surface area contributed by atoms with E-state index in [9.17, 15) is 9.59 Å². The van der Waals surface area contributed by atoms with Crippen LogP contribution in [0.3, 0.4) is 0 Å². The number of nitrogens with one attached hydrogen (secondary N) is 1. The maximum atomic E-state index is 12.1. The summed E-state index contributed by atoms with van der Waals surface area (Å²) in [5.41, 5.74) is 3.87. The van der Waals surface area contributed by atoms with E-state index in [1.54, 1.807) is 12.1 Å². The van der Waals surface area contributed by atoms with Crippen molar-refractivity contribution in [3.63, 3.8) is 0 Å². The standard InChI is InChI=1S/C20H19NO5/c22-19(21-10-13-4-7-17-18(8-13)26-12-25-17)11-24-20(23)16-6-5-14-2-1-3-15(14)9-16/h4-9H,1-3,10-12H2,(H,21,22). The summed E-state index contributed by atoms with van der Waals surface area (Å²) in [5, 5.41) is 2.73. The molecule has 6 nitrogen and oxygen atoms in total. The molecule has 4 rings (SSSR count). The third-order valence-corrected chi connectivity index (χ3v) is 4.60. The Bertz CT molecular complexity index is 861. The fraction of sp³-hybridized carbons (Fsp3) is 0.300. The number of esters is 1. The molecule has 26 heavy (non-hydrogen) atoms. The van der Waals surface area contributed by atoms with E-state index in [1.807, 2.05) is 24.3 Å². The van der Waals surface area contributed by atoms with Crippen molar-refractivity contribution < 1.29 is 23.8 Å².